The number of benzene rings is 1. The third kappa shape index (κ3) is 3.43. The Morgan fingerprint density at radius 2 is 1.90 bits per heavy atom. The Morgan fingerprint density at radius 1 is 1.10 bits per heavy atom. The van der Waals surface area contributed by atoms with Crippen LogP contribution in [0.15, 0.2) is 48.9 Å². The highest BCUT2D eigenvalue weighted by molar-refractivity contribution is 5.93. The number of aryl methyl sites for hydroxylation is 2. The molecule has 2 unspecified atom stereocenters. The Bertz CT molecular complexity index is 1110. The normalized spacial score (nSPS) is 22.4. The monoisotopic (exact) mass is 420 g/mol. The quantitative estimate of drug-likeness (QED) is 0.672. The van der Waals surface area contributed by atoms with Crippen LogP contribution >= 0.6 is 0 Å². The Labute approximate surface area is 179 Å². The molecule has 31 heavy (non-hydrogen) atoms. The van der Waals surface area contributed by atoms with Gasteiger partial charge in [0, 0.05) is 44.0 Å². The number of fused-ring (bicyclic) bond motifs is 1. The van der Waals surface area contributed by atoms with Gasteiger partial charge in [-0.25, -0.2) is 14.5 Å². The molecule has 160 valence electrons. The Morgan fingerprint density at radius 3 is 2.68 bits per heavy atom. The van der Waals surface area contributed by atoms with Crippen LogP contribution in [-0.4, -0.2) is 54.5 Å². The van der Waals surface area contributed by atoms with E-state index in [2.05, 4.69) is 25.8 Å². The van der Waals surface area contributed by atoms with E-state index in [0.717, 1.165) is 18.7 Å². The van der Waals surface area contributed by atoms with E-state index in [-0.39, 0.29) is 23.4 Å². The summed E-state index contributed by atoms with van der Waals surface area (Å²) in [6, 6.07) is 10.4. The molecular formula is C21H24N8O2. The van der Waals surface area contributed by atoms with Crippen LogP contribution in [0.1, 0.15) is 35.2 Å². The summed E-state index contributed by atoms with van der Waals surface area (Å²) in [6.07, 6.45) is 4.72. The molecule has 5 rings (SSSR count). The van der Waals surface area contributed by atoms with Gasteiger partial charge in [-0.15, -0.1) is 0 Å². The van der Waals surface area contributed by atoms with Gasteiger partial charge in [-0.2, -0.15) is 10.2 Å². The highest BCUT2D eigenvalue weighted by atomic mass is 16.2. The lowest BCUT2D eigenvalue weighted by atomic mass is 9.74. The summed E-state index contributed by atoms with van der Waals surface area (Å²) >= 11 is 0. The van der Waals surface area contributed by atoms with Gasteiger partial charge in [-0.1, -0.05) is 18.2 Å². The molecule has 3 aromatic rings. The van der Waals surface area contributed by atoms with Crippen LogP contribution in [-0.2, 0) is 13.6 Å². The van der Waals surface area contributed by atoms with Gasteiger partial charge in [0.15, 0.2) is 0 Å². The molecule has 2 atom stereocenters. The number of rotatable bonds is 3. The Hall–Kier alpha value is -3.69. The molecule has 0 radical (unpaired) electrons. The van der Waals surface area contributed by atoms with Gasteiger partial charge < -0.3 is 15.5 Å². The van der Waals surface area contributed by atoms with E-state index in [1.165, 1.54) is 6.33 Å². The number of hydrogen-bond donors (Lipinski definition) is 2. The average Bonchev–Trinajstić information content (AvgIpc) is 3.51. The van der Waals surface area contributed by atoms with Crippen LogP contribution in [0.2, 0.25) is 0 Å². The minimum atomic E-state index is -0.350. The molecule has 2 aromatic heterocycles. The summed E-state index contributed by atoms with van der Waals surface area (Å²) in [5.74, 6) is 0.681. The maximum atomic E-state index is 13.1. The van der Waals surface area contributed by atoms with E-state index in [4.69, 9.17) is 0 Å². The van der Waals surface area contributed by atoms with Crippen LogP contribution < -0.4 is 10.6 Å². The lowest BCUT2D eigenvalue weighted by Crippen LogP contribution is -2.49. The van der Waals surface area contributed by atoms with Crippen molar-refractivity contribution in [2.24, 2.45) is 12.5 Å². The fourth-order valence-corrected chi connectivity index (χ4v) is 4.71. The number of carbonyl (C=O) groups excluding carboxylic acids is 2. The molecule has 10 nitrogen and oxygen atoms in total. The minimum Gasteiger partial charge on any atom is -0.337 e. The number of carbonyl (C=O) groups is 2. The molecule has 0 bridgehead atoms. The Balaban J connectivity index is 1.39. The molecular weight excluding hydrogens is 396 g/mol. The summed E-state index contributed by atoms with van der Waals surface area (Å²) in [6.45, 7) is 1.87. The van der Waals surface area contributed by atoms with Crippen molar-refractivity contribution in [3.05, 3.63) is 60.4 Å². The first-order chi connectivity index (χ1) is 15.1. The van der Waals surface area contributed by atoms with Crippen LogP contribution in [0.4, 0.5) is 10.5 Å². The summed E-state index contributed by atoms with van der Waals surface area (Å²) < 4.78 is 3.43. The third-order valence-corrected chi connectivity index (χ3v) is 6.36. The fraction of sp³-hybridized carbons (Fsp3) is 0.381. The smallest absolute Gasteiger partial charge is 0.319 e. The molecule has 2 aliphatic rings. The van der Waals surface area contributed by atoms with Gasteiger partial charge in [0.2, 0.25) is 0 Å². The molecule has 2 aliphatic heterocycles. The predicted molar refractivity (Wildman–Crippen MR) is 112 cm³/mol. The van der Waals surface area contributed by atoms with E-state index >= 15 is 0 Å². The largest absolute Gasteiger partial charge is 0.337 e. The number of anilines is 1. The molecule has 0 saturated carbocycles. The van der Waals surface area contributed by atoms with E-state index in [0.29, 0.717) is 31.0 Å². The standard InChI is InChI=1S/C21H24N8O2/c1-27-16(7-10-23-27)19(30)28-11-8-21(13-28)9-12-29-18(22-14-24-29)17(21)26-20(31)25-15-5-3-2-4-6-15/h2-7,10,14,17H,8-9,11-13H2,1H3,(H2,25,26,31). The molecule has 4 heterocycles. The van der Waals surface area contributed by atoms with Crippen LogP contribution in [0, 0.1) is 5.41 Å². The summed E-state index contributed by atoms with van der Waals surface area (Å²) in [5, 5.41) is 14.4. The lowest BCUT2D eigenvalue weighted by molar-refractivity contribution is 0.0724. The van der Waals surface area contributed by atoms with Crippen molar-refractivity contribution in [2.45, 2.75) is 25.4 Å². The van der Waals surface area contributed by atoms with Crippen LogP contribution in [0.3, 0.4) is 0 Å². The summed E-state index contributed by atoms with van der Waals surface area (Å²) in [5.41, 5.74) is 0.971. The van der Waals surface area contributed by atoms with Crippen molar-refractivity contribution < 1.29 is 9.59 Å². The topological polar surface area (TPSA) is 110 Å². The van der Waals surface area contributed by atoms with Crippen molar-refractivity contribution in [1.29, 1.82) is 0 Å². The first-order valence-electron chi connectivity index (χ1n) is 10.3. The molecule has 1 aromatic carbocycles. The number of amides is 3. The molecule has 1 saturated heterocycles. The second-order valence-electron chi connectivity index (χ2n) is 8.17. The van der Waals surface area contributed by atoms with Crippen molar-refractivity contribution >= 4 is 17.6 Å². The van der Waals surface area contributed by atoms with E-state index in [9.17, 15) is 9.59 Å². The highest BCUT2D eigenvalue weighted by Gasteiger charge is 2.51. The SMILES string of the molecule is Cn1nccc1C(=O)N1CCC2(CCn3ncnc3C2NC(=O)Nc2ccccc2)C1. The number of nitrogens with one attached hydrogen (secondary N) is 2. The number of nitrogens with zero attached hydrogens (tertiary/aromatic N) is 6. The third-order valence-electron chi connectivity index (χ3n) is 6.36. The molecule has 0 aliphatic carbocycles. The number of likely N-dealkylation sites (tertiary alicyclic amines) is 1. The van der Waals surface area contributed by atoms with Crippen molar-refractivity contribution in [3.8, 4) is 0 Å². The number of para-hydroxylation sites is 1. The summed E-state index contributed by atoms with van der Waals surface area (Å²) in [7, 11) is 1.76. The number of hydrogen-bond acceptors (Lipinski definition) is 5. The van der Waals surface area contributed by atoms with Crippen LogP contribution in [0.5, 0.6) is 0 Å². The zero-order valence-corrected chi connectivity index (χ0v) is 17.2. The van der Waals surface area contributed by atoms with Gasteiger partial charge in [0.25, 0.3) is 5.91 Å². The average molecular weight is 420 g/mol. The first-order valence-corrected chi connectivity index (χ1v) is 10.3. The van der Waals surface area contributed by atoms with E-state index in [1.807, 2.05) is 39.9 Å². The fourth-order valence-electron chi connectivity index (χ4n) is 4.71. The first kappa shape index (κ1) is 19.3. The highest BCUT2D eigenvalue weighted by Crippen LogP contribution is 2.47. The van der Waals surface area contributed by atoms with Gasteiger partial charge >= 0.3 is 6.03 Å². The molecule has 10 heteroatoms. The van der Waals surface area contributed by atoms with E-state index in [1.54, 1.807) is 24.0 Å². The van der Waals surface area contributed by atoms with Gasteiger partial charge in [-0.05, 0) is 31.0 Å². The predicted octanol–water partition coefficient (Wildman–Crippen LogP) is 1.81. The molecule has 1 fully saturated rings. The van der Waals surface area contributed by atoms with Gasteiger partial charge in [0.05, 0.1) is 6.04 Å². The van der Waals surface area contributed by atoms with Crippen molar-refractivity contribution in [3.63, 3.8) is 0 Å². The maximum Gasteiger partial charge on any atom is 0.319 e. The van der Waals surface area contributed by atoms with Crippen molar-refractivity contribution in [1.82, 2.24) is 34.8 Å². The number of aromatic nitrogens is 5. The van der Waals surface area contributed by atoms with Crippen LogP contribution in [0.25, 0.3) is 0 Å². The Kier molecular flexibility index (Phi) is 4.68. The van der Waals surface area contributed by atoms with E-state index < -0.39 is 0 Å². The molecule has 3 amide bonds. The lowest BCUT2D eigenvalue weighted by Gasteiger charge is -2.40. The second-order valence-corrected chi connectivity index (χ2v) is 8.17. The van der Waals surface area contributed by atoms with Crippen molar-refractivity contribution in [2.75, 3.05) is 18.4 Å². The number of urea groups is 1. The second kappa shape index (κ2) is 7.53. The zero-order valence-electron chi connectivity index (χ0n) is 17.2. The van der Waals surface area contributed by atoms with Gasteiger partial charge in [-0.3, -0.25) is 9.48 Å². The maximum absolute atomic E-state index is 13.1. The minimum absolute atomic E-state index is 0.0450. The summed E-state index contributed by atoms with van der Waals surface area (Å²) in [4.78, 5) is 32.2. The molecule has 2 N–H and O–H groups in total. The van der Waals surface area contributed by atoms with Gasteiger partial charge in [0.1, 0.15) is 17.8 Å². The zero-order chi connectivity index (χ0) is 21.4. The molecule has 1 spiro atoms.